The maximum Gasteiger partial charge on any atom is 0.323 e. The van der Waals surface area contributed by atoms with E-state index < -0.39 is 0 Å². The zero-order valence-corrected chi connectivity index (χ0v) is 15.5. The first-order valence-electron chi connectivity index (χ1n) is 8.77. The number of nitrogens with zero attached hydrogens (tertiary/aromatic N) is 1. The summed E-state index contributed by atoms with van der Waals surface area (Å²) >= 11 is 1.76. The van der Waals surface area contributed by atoms with Crippen LogP contribution < -0.4 is 10.6 Å². The summed E-state index contributed by atoms with van der Waals surface area (Å²) in [6, 6.07) is 18.0. The molecule has 1 aliphatic heterocycles. The van der Waals surface area contributed by atoms with E-state index in [1.54, 1.807) is 35.6 Å². The Bertz CT molecular complexity index is 951. The van der Waals surface area contributed by atoms with E-state index in [0.29, 0.717) is 17.8 Å². The van der Waals surface area contributed by atoms with Gasteiger partial charge in [0.1, 0.15) is 0 Å². The maximum absolute atomic E-state index is 12.7. The number of fused-ring (bicyclic) bond motifs is 1. The first-order chi connectivity index (χ1) is 13.2. The van der Waals surface area contributed by atoms with Crippen molar-refractivity contribution in [2.45, 2.75) is 13.0 Å². The van der Waals surface area contributed by atoms with Crippen molar-refractivity contribution in [3.63, 3.8) is 0 Å². The highest BCUT2D eigenvalue weighted by atomic mass is 32.1. The predicted molar refractivity (Wildman–Crippen MR) is 108 cm³/mol. The number of amides is 3. The first-order valence-corrected chi connectivity index (χ1v) is 9.64. The molecule has 4 rings (SSSR count). The SMILES string of the molecule is O=C(Nc1ccccc1)Nc1ccc(C(=O)N2CCc3sccc3C2)cc1. The van der Waals surface area contributed by atoms with Crippen LogP contribution in [-0.2, 0) is 13.0 Å². The van der Waals surface area contributed by atoms with Crippen LogP contribution in [0.2, 0.25) is 0 Å². The minimum absolute atomic E-state index is 0.0205. The highest BCUT2D eigenvalue weighted by Crippen LogP contribution is 2.25. The van der Waals surface area contributed by atoms with Gasteiger partial charge in [0.15, 0.2) is 0 Å². The second kappa shape index (κ2) is 7.63. The van der Waals surface area contributed by atoms with Gasteiger partial charge in [-0.1, -0.05) is 18.2 Å². The largest absolute Gasteiger partial charge is 0.334 e. The lowest BCUT2D eigenvalue weighted by molar-refractivity contribution is 0.0736. The van der Waals surface area contributed by atoms with Gasteiger partial charge < -0.3 is 15.5 Å². The van der Waals surface area contributed by atoms with Crippen LogP contribution in [0.15, 0.2) is 66.0 Å². The van der Waals surface area contributed by atoms with Crippen molar-refractivity contribution < 1.29 is 9.59 Å². The molecule has 2 aromatic carbocycles. The minimum atomic E-state index is -0.318. The molecular weight excluding hydrogens is 358 g/mol. The van der Waals surface area contributed by atoms with Crippen LogP contribution in [0, 0.1) is 0 Å². The van der Waals surface area contributed by atoms with E-state index in [1.807, 2.05) is 35.2 Å². The molecule has 27 heavy (non-hydrogen) atoms. The molecule has 0 saturated carbocycles. The molecular formula is C21H19N3O2S. The van der Waals surface area contributed by atoms with Crippen LogP contribution in [0.3, 0.4) is 0 Å². The number of hydrogen-bond donors (Lipinski definition) is 2. The van der Waals surface area contributed by atoms with Gasteiger partial charge in [0.05, 0.1) is 0 Å². The van der Waals surface area contributed by atoms with E-state index in [-0.39, 0.29) is 11.9 Å². The van der Waals surface area contributed by atoms with Gasteiger partial charge in [0, 0.05) is 34.9 Å². The summed E-state index contributed by atoms with van der Waals surface area (Å²) in [4.78, 5) is 28.0. The van der Waals surface area contributed by atoms with Crippen LogP contribution in [0.25, 0.3) is 0 Å². The summed E-state index contributed by atoms with van der Waals surface area (Å²) in [6.45, 7) is 1.41. The Hall–Kier alpha value is -3.12. The number of thiophene rings is 1. The van der Waals surface area contributed by atoms with E-state index in [4.69, 9.17) is 0 Å². The quantitative estimate of drug-likeness (QED) is 0.701. The highest BCUT2D eigenvalue weighted by molar-refractivity contribution is 7.10. The van der Waals surface area contributed by atoms with E-state index in [2.05, 4.69) is 22.1 Å². The molecule has 5 nitrogen and oxygen atoms in total. The molecule has 3 aromatic rings. The number of rotatable bonds is 3. The number of para-hydroxylation sites is 1. The van der Waals surface area contributed by atoms with E-state index in [1.165, 1.54) is 10.4 Å². The summed E-state index contributed by atoms with van der Waals surface area (Å²) in [7, 11) is 0. The van der Waals surface area contributed by atoms with Crippen molar-refractivity contribution in [2.75, 3.05) is 17.2 Å². The van der Waals surface area contributed by atoms with Crippen molar-refractivity contribution in [3.05, 3.63) is 82.0 Å². The second-order valence-electron chi connectivity index (χ2n) is 6.37. The predicted octanol–water partition coefficient (Wildman–Crippen LogP) is 4.59. The number of carbonyl (C=O) groups is 2. The van der Waals surface area contributed by atoms with Crippen LogP contribution in [-0.4, -0.2) is 23.4 Å². The number of benzene rings is 2. The van der Waals surface area contributed by atoms with Gasteiger partial charge in [0.2, 0.25) is 0 Å². The van der Waals surface area contributed by atoms with Crippen LogP contribution in [0.1, 0.15) is 20.8 Å². The van der Waals surface area contributed by atoms with Gasteiger partial charge in [-0.3, -0.25) is 4.79 Å². The fourth-order valence-corrected chi connectivity index (χ4v) is 4.01. The Morgan fingerprint density at radius 1 is 0.889 bits per heavy atom. The molecule has 0 saturated heterocycles. The highest BCUT2D eigenvalue weighted by Gasteiger charge is 2.22. The third-order valence-corrected chi connectivity index (χ3v) is 5.54. The smallest absolute Gasteiger partial charge is 0.323 e. The second-order valence-corrected chi connectivity index (χ2v) is 7.37. The van der Waals surface area contributed by atoms with Gasteiger partial charge in [-0.15, -0.1) is 11.3 Å². The molecule has 0 bridgehead atoms. The molecule has 0 aliphatic carbocycles. The Labute approximate surface area is 161 Å². The number of carbonyl (C=O) groups excluding carboxylic acids is 2. The molecule has 2 N–H and O–H groups in total. The van der Waals surface area contributed by atoms with Crippen molar-refractivity contribution in [3.8, 4) is 0 Å². The molecule has 0 spiro atoms. The lowest BCUT2D eigenvalue weighted by atomic mass is 10.1. The van der Waals surface area contributed by atoms with Gasteiger partial charge >= 0.3 is 6.03 Å². The van der Waals surface area contributed by atoms with E-state index >= 15 is 0 Å². The Kier molecular flexibility index (Phi) is 4.89. The molecule has 0 atom stereocenters. The van der Waals surface area contributed by atoms with Crippen molar-refractivity contribution in [1.82, 2.24) is 4.90 Å². The molecule has 1 aromatic heterocycles. The summed E-state index contributed by atoms with van der Waals surface area (Å²) < 4.78 is 0. The Morgan fingerprint density at radius 3 is 2.33 bits per heavy atom. The molecule has 3 amide bonds. The zero-order chi connectivity index (χ0) is 18.6. The Balaban J connectivity index is 1.37. The molecule has 136 valence electrons. The van der Waals surface area contributed by atoms with Crippen LogP contribution in [0.4, 0.5) is 16.2 Å². The van der Waals surface area contributed by atoms with Crippen LogP contribution >= 0.6 is 11.3 Å². The third kappa shape index (κ3) is 4.01. The maximum atomic E-state index is 12.7. The standard InChI is InChI=1S/C21H19N3O2S/c25-20(24-12-10-19-16(14-24)11-13-27-19)15-6-8-18(9-7-15)23-21(26)22-17-4-2-1-3-5-17/h1-9,11,13H,10,12,14H2,(H2,22,23,26). The average molecular weight is 377 g/mol. The zero-order valence-electron chi connectivity index (χ0n) is 14.6. The normalized spacial score (nSPS) is 13.0. The van der Waals surface area contributed by atoms with Gasteiger partial charge in [-0.2, -0.15) is 0 Å². The van der Waals surface area contributed by atoms with Crippen molar-refractivity contribution in [2.24, 2.45) is 0 Å². The molecule has 6 heteroatoms. The molecule has 0 unspecified atom stereocenters. The third-order valence-electron chi connectivity index (χ3n) is 4.52. The number of nitrogens with one attached hydrogen (secondary N) is 2. The fourth-order valence-electron chi connectivity index (χ4n) is 3.12. The van der Waals surface area contributed by atoms with Crippen molar-refractivity contribution >= 4 is 34.6 Å². The molecule has 2 heterocycles. The lowest BCUT2D eigenvalue weighted by Crippen LogP contribution is -2.35. The summed E-state index contributed by atoms with van der Waals surface area (Å²) in [5, 5.41) is 7.62. The van der Waals surface area contributed by atoms with Crippen molar-refractivity contribution in [1.29, 1.82) is 0 Å². The summed E-state index contributed by atoms with van der Waals surface area (Å²) in [6.07, 6.45) is 0.915. The monoisotopic (exact) mass is 377 g/mol. The fraction of sp³-hybridized carbons (Fsp3) is 0.143. The van der Waals surface area contributed by atoms with E-state index in [0.717, 1.165) is 18.7 Å². The molecule has 1 aliphatic rings. The van der Waals surface area contributed by atoms with Gasteiger partial charge in [-0.25, -0.2) is 4.79 Å². The molecule has 0 fully saturated rings. The minimum Gasteiger partial charge on any atom is -0.334 e. The topological polar surface area (TPSA) is 61.4 Å². The number of anilines is 2. The first kappa shape index (κ1) is 17.3. The molecule has 0 radical (unpaired) electrons. The Morgan fingerprint density at radius 2 is 1.59 bits per heavy atom. The van der Waals surface area contributed by atoms with Gasteiger partial charge in [0.25, 0.3) is 5.91 Å². The number of hydrogen-bond acceptors (Lipinski definition) is 3. The van der Waals surface area contributed by atoms with E-state index in [9.17, 15) is 9.59 Å². The summed E-state index contributed by atoms with van der Waals surface area (Å²) in [5.74, 6) is 0.0205. The van der Waals surface area contributed by atoms with Crippen LogP contribution in [0.5, 0.6) is 0 Å². The number of urea groups is 1. The summed E-state index contributed by atoms with van der Waals surface area (Å²) in [5.41, 5.74) is 3.23. The lowest BCUT2D eigenvalue weighted by Gasteiger charge is -2.27. The average Bonchev–Trinajstić information content (AvgIpc) is 3.16. The van der Waals surface area contributed by atoms with Gasteiger partial charge in [-0.05, 0) is 59.8 Å².